The summed E-state index contributed by atoms with van der Waals surface area (Å²) in [6.45, 7) is 5.76. The number of rotatable bonds is 3. The number of carbonyl (C=O) groups excluding carboxylic acids is 1. The molecule has 0 fully saturated rings. The molecule has 1 heterocycles. The third kappa shape index (κ3) is 3.88. The Balaban J connectivity index is 1.78. The average molecular weight is 388 g/mol. The third-order valence-electron chi connectivity index (χ3n) is 5.56. The molecule has 0 saturated heterocycles. The lowest BCUT2D eigenvalue weighted by Crippen LogP contribution is -2.43. The fraction of sp³-hybridized carbons (Fsp3) is 0.240. The number of halogens is 1. The number of nitrogens with one attached hydrogen (secondary N) is 1. The monoisotopic (exact) mass is 388 g/mol. The van der Waals surface area contributed by atoms with E-state index >= 15 is 0 Å². The Labute approximate surface area is 171 Å². The molecular weight excluding hydrogens is 363 g/mol. The first-order valence-electron chi connectivity index (χ1n) is 9.95. The fourth-order valence-corrected chi connectivity index (χ4v) is 4.23. The summed E-state index contributed by atoms with van der Waals surface area (Å²) >= 11 is 0. The quantitative estimate of drug-likeness (QED) is 0.588. The van der Waals surface area contributed by atoms with Crippen LogP contribution in [0.1, 0.15) is 37.4 Å². The van der Waals surface area contributed by atoms with E-state index in [1.54, 1.807) is 19.1 Å². The Morgan fingerprint density at radius 3 is 2.45 bits per heavy atom. The molecule has 4 heteroatoms. The zero-order valence-electron chi connectivity index (χ0n) is 16.9. The van der Waals surface area contributed by atoms with Crippen molar-refractivity contribution in [3.63, 3.8) is 0 Å². The first kappa shape index (κ1) is 19.2. The average Bonchev–Trinajstić information content (AvgIpc) is 2.69. The lowest BCUT2D eigenvalue weighted by atomic mass is 9.88. The van der Waals surface area contributed by atoms with Crippen molar-refractivity contribution in [1.29, 1.82) is 0 Å². The molecule has 3 nitrogen and oxygen atoms in total. The van der Waals surface area contributed by atoms with Crippen LogP contribution >= 0.6 is 0 Å². The van der Waals surface area contributed by atoms with Gasteiger partial charge in [0.25, 0.3) is 0 Å². The van der Waals surface area contributed by atoms with Crippen LogP contribution in [0.2, 0.25) is 0 Å². The van der Waals surface area contributed by atoms with E-state index in [0.717, 1.165) is 34.5 Å². The van der Waals surface area contributed by atoms with Gasteiger partial charge < -0.3 is 10.2 Å². The molecule has 29 heavy (non-hydrogen) atoms. The van der Waals surface area contributed by atoms with Crippen molar-refractivity contribution < 1.29 is 9.18 Å². The Morgan fingerprint density at radius 2 is 1.76 bits per heavy atom. The fourth-order valence-electron chi connectivity index (χ4n) is 4.23. The molecule has 1 aliphatic heterocycles. The minimum Gasteiger partial charge on any atom is -0.378 e. The molecule has 0 aliphatic carbocycles. The van der Waals surface area contributed by atoms with Gasteiger partial charge in [0.05, 0.1) is 6.04 Å². The molecule has 0 spiro atoms. The Hall–Kier alpha value is -3.14. The highest BCUT2D eigenvalue weighted by atomic mass is 19.1. The van der Waals surface area contributed by atoms with Crippen LogP contribution in [-0.2, 0) is 4.79 Å². The molecule has 1 aliphatic rings. The Kier molecular flexibility index (Phi) is 5.10. The van der Waals surface area contributed by atoms with Crippen molar-refractivity contribution in [1.82, 2.24) is 0 Å². The van der Waals surface area contributed by atoms with Crippen LogP contribution in [0.3, 0.4) is 0 Å². The van der Waals surface area contributed by atoms with Crippen LogP contribution in [0.25, 0.3) is 11.1 Å². The van der Waals surface area contributed by atoms with Gasteiger partial charge in [-0.05, 0) is 73.4 Å². The van der Waals surface area contributed by atoms with Gasteiger partial charge in [-0.1, -0.05) is 35.9 Å². The molecule has 0 saturated carbocycles. The predicted molar refractivity (Wildman–Crippen MR) is 117 cm³/mol. The molecule has 1 N–H and O–H groups in total. The second-order valence-corrected chi connectivity index (χ2v) is 7.82. The highest BCUT2D eigenvalue weighted by molar-refractivity contribution is 5.94. The zero-order valence-corrected chi connectivity index (χ0v) is 16.9. The maximum Gasteiger partial charge on any atom is 0.224 e. The topological polar surface area (TPSA) is 32.3 Å². The summed E-state index contributed by atoms with van der Waals surface area (Å²) in [4.78, 5) is 14.2. The summed E-state index contributed by atoms with van der Waals surface area (Å²) in [5, 5.41) is 3.54. The van der Waals surface area contributed by atoms with Gasteiger partial charge in [-0.3, -0.25) is 4.79 Å². The number of hydrogen-bond donors (Lipinski definition) is 1. The van der Waals surface area contributed by atoms with Gasteiger partial charge >= 0.3 is 0 Å². The highest BCUT2D eigenvalue weighted by Gasteiger charge is 2.32. The van der Waals surface area contributed by atoms with Crippen LogP contribution in [-0.4, -0.2) is 11.9 Å². The molecule has 2 atom stereocenters. The van der Waals surface area contributed by atoms with Crippen LogP contribution in [0.5, 0.6) is 0 Å². The number of fused-ring (bicyclic) bond motifs is 1. The summed E-state index contributed by atoms with van der Waals surface area (Å²) in [6.07, 6.45) is 0.779. The molecule has 148 valence electrons. The maximum atomic E-state index is 13.3. The van der Waals surface area contributed by atoms with E-state index in [1.165, 1.54) is 17.7 Å². The normalized spacial score (nSPS) is 18.3. The Bertz CT molecular complexity index is 1040. The summed E-state index contributed by atoms with van der Waals surface area (Å²) in [7, 11) is 0. The molecule has 3 aromatic rings. The molecule has 1 amide bonds. The van der Waals surface area contributed by atoms with E-state index in [1.807, 2.05) is 11.0 Å². The van der Waals surface area contributed by atoms with Gasteiger partial charge in [0.1, 0.15) is 5.82 Å². The number of benzene rings is 3. The second kappa shape index (κ2) is 7.70. The first-order chi connectivity index (χ1) is 13.9. The minimum atomic E-state index is -0.252. The molecule has 0 bridgehead atoms. The number of anilines is 2. The molecular formula is C25H25FN2O. The SMILES string of the molecule is CC(=O)N1c2ccc(-c3cccc(C)c3)cc2[C@H](Nc2ccc(F)cc2)C[C@@H]1C. The Morgan fingerprint density at radius 1 is 1.03 bits per heavy atom. The van der Waals surface area contributed by atoms with E-state index in [4.69, 9.17) is 0 Å². The van der Waals surface area contributed by atoms with Crippen LogP contribution < -0.4 is 10.2 Å². The van der Waals surface area contributed by atoms with Crippen molar-refractivity contribution in [2.24, 2.45) is 0 Å². The smallest absolute Gasteiger partial charge is 0.224 e. The van der Waals surface area contributed by atoms with Crippen LogP contribution in [0.4, 0.5) is 15.8 Å². The van der Waals surface area contributed by atoms with Crippen LogP contribution in [0, 0.1) is 12.7 Å². The van der Waals surface area contributed by atoms with Crippen LogP contribution in [0.15, 0.2) is 66.7 Å². The molecule has 0 radical (unpaired) electrons. The third-order valence-corrected chi connectivity index (χ3v) is 5.56. The number of amides is 1. The van der Waals surface area contributed by atoms with E-state index in [2.05, 4.69) is 55.6 Å². The number of hydrogen-bond acceptors (Lipinski definition) is 2. The molecule has 0 unspecified atom stereocenters. The lowest BCUT2D eigenvalue weighted by Gasteiger charge is -2.39. The standard InChI is InChI=1S/C25H25FN2O/c1-16-5-4-6-19(13-16)20-7-12-25-23(15-20)24(14-17(2)28(25)18(3)29)27-22-10-8-21(26)9-11-22/h4-13,15,17,24,27H,14H2,1-3H3/t17-,24+/m0/s1. The molecule has 0 aromatic heterocycles. The van der Waals surface area contributed by atoms with Gasteiger partial charge in [-0.15, -0.1) is 0 Å². The summed E-state index contributed by atoms with van der Waals surface area (Å²) in [5.41, 5.74) is 6.37. The van der Waals surface area contributed by atoms with Crippen molar-refractivity contribution in [2.45, 2.75) is 39.3 Å². The number of carbonyl (C=O) groups is 1. The van der Waals surface area contributed by atoms with Gasteiger partial charge in [0, 0.05) is 24.3 Å². The van der Waals surface area contributed by atoms with Crippen molar-refractivity contribution >= 4 is 17.3 Å². The van der Waals surface area contributed by atoms with Crippen molar-refractivity contribution in [2.75, 3.05) is 10.2 Å². The number of aryl methyl sites for hydroxylation is 1. The summed E-state index contributed by atoms with van der Waals surface area (Å²) in [5.74, 6) is -0.209. The molecule has 3 aromatic carbocycles. The maximum absolute atomic E-state index is 13.3. The summed E-state index contributed by atoms with van der Waals surface area (Å²) < 4.78 is 13.3. The second-order valence-electron chi connectivity index (χ2n) is 7.82. The van der Waals surface area contributed by atoms with E-state index in [9.17, 15) is 9.18 Å². The molecule has 4 rings (SSSR count). The zero-order chi connectivity index (χ0) is 20.5. The largest absolute Gasteiger partial charge is 0.378 e. The van der Waals surface area contributed by atoms with Crippen molar-refractivity contribution in [3.8, 4) is 11.1 Å². The van der Waals surface area contributed by atoms with E-state index in [-0.39, 0.29) is 23.8 Å². The highest BCUT2D eigenvalue weighted by Crippen LogP contribution is 2.41. The first-order valence-corrected chi connectivity index (χ1v) is 9.95. The minimum absolute atomic E-state index is 0.0332. The van der Waals surface area contributed by atoms with E-state index < -0.39 is 0 Å². The van der Waals surface area contributed by atoms with Gasteiger partial charge in [0.2, 0.25) is 5.91 Å². The summed E-state index contributed by atoms with van der Waals surface area (Å²) in [6, 6.07) is 21.2. The lowest BCUT2D eigenvalue weighted by molar-refractivity contribution is -0.117. The van der Waals surface area contributed by atoms with Gasteiger partial charge in [-0.25, -0.2) is 4.39 Å². The number of nitrogens with zero attached hydrogens (tertiary/aromatic N) is 1. The predicted octanol–water partition coefficient (Wildman–Crippen LogP) is 6.10. The van der Waals surface area contributed by atoms with Gasteiger partial charge in [-0.2, -0.15) is 0 Å². The van der Waals surface area contributed by atoms with Crippen molar-refractivity contribution in [3.05, 3.63) is 83.7 Å². The van der Waals surface area contributed by atoms with Gasteiger partial charge in [0.15, 0.2) is 0 Å². The van der Waals surface area contributed by atoms with E-state index in [0.29, 0.717) is 0 Å².